The first kappa shape index (κ1) is 23.1. The SMILES string of the molecule is CC1=CCC[C@@]2(C)O[C@@H]2[C@H]2OC(=O)[C@@H](CN(C)C)[C@@H]2CC1.O=C(O)/C=C/C(=O)O. The van der Waals surface area contributed by atoms with Crippen LogP contribution in [-0.4, -0.2) is 71.5 Å². The highest BCUT2D eigenvalue weighted by Crippen LogP contribution is 2.50. The van der Waals surface area contributed by atoms with Crippen molar-refractivity contribution < 1.29 is 34.1 Å². The summed E-state index contributed by atoms with van der Waals surface area (Å²) >= 11 is 0. The Hall–Kier alpha value is -2.19. The lowest BCUT2D eigenvalue weighted by molar-refractivity contribution is -0.145. The van der Waals surface area contributed by atoms with Crippen molar-refractivity contribution in [2.45, 2.75) is 57.3 Å². The van der Waals surface area contributed by atoms with Crippen LogP contribution in [0.15, 0.2) is 23.8 Å². The van der Waals surface area contributed by atoms with Crippen LogP contribution in [0.4, 0.5) is 0 Å². The van der Waals surface area contributed by atoms with Crippen molar-refractivity contribution in [2.75, 3.05) is 20.6 Å². The summed E-state index contributed by atoms with van der Waals surface area (Å²) in [6.45, 7) is 5.13. The molecule has 162 valence electrons. The number of carboxylic acid groups (broad SMARTS) is 2. The zero-order chi connectivity index (χ0) is 21.8. The number of carbonyl (C=O) groups excluding carboxylic acids is 1. The molecule has 0 saturated carbocycles. The molecule has 2 aliphatic heterocycles. The molecule has 0 radical (unpaired) electrons. The molecular weight excluding hydrogens is 378 g/mol. The van der Waals surface area contributed by atoms with Crippen LogP contribution in [0, 0.1) is 11.8 Å². The number of allylic oxidation sites excluding steroid dienone is 2. The Labute approximate surface area is 171 Å². The first-order valence-corrected chi connectivity index (χ1v) is 9.86. The van der Waals surface area contributed by atoms with E-state index >= 15 is 0 Å². The van der Waals surface area contributed by atoms with Gasteiger partial charge in [-0.1, -0.05) is 11.6 Å². The van der Waals surface area contributed by atoms with Crippen LogP contribution >= 0.6 is 0 Å². The second kappa shape index (κ2) is 9.54. The van der Waals surface area contributed by atoms with Gasteiger partial charge in [-0.25, -0.2) is 9.59 Å². The van der Waals surface area contributed by atoms with E-state index in [0.717, 1.165) is 32.2 Å². The van der Waals surface area contributed by atoms with Crippen molar-refractivity contribution in [3.8, 4) is 0 Å². The fraction of sp³-hybridized carbons (Fsp3) is 0.667. The zero-order valence-corrected chi connectivity index (χ0v) is 17.5. The Bertz CT molecular complexity index is 683. The van der Waals surface area contributed by atoms with E-state index in [9.17, 15) is 14.4 Å². The van der Waals surface area contributed by atoms with Crippen molar-refractivity contribution in [1.82, 2.24) is 4.90 Å². The second-order valence-electron chi connectivity index (χ2n) is 8.42. The summed E-state index contributed by atoms with van der Waals surface area (Å²) in [5.74, 6) is -2.27. The van der Waals surface area contributed by atoms with Crippen LogP contribution in [0.1, 0.15) is 39.5 Å². The third-order valence-corrected chi connectivity index (χ3v) is 5.67. The fourth-order valence-electron chi connectivity index (χ4n) is 4.08. The third-order valence-electron chi connectivity index (χ3n) is 5.67. The van der Waals surface area contributed by atoms with E-state index in [4.69, 9.17) is 19.7 Å². The van der Waals surface area contributed by atoms with Gasteiger partial charge in [0.05, 0.1) is 11.5 Å². The number of rotatable bonds is 4. The summed E-state index contributed by atoms with van der Waals surface area (Å²) in [5, 5.41) is 15.6. The minimum Gasteiger partial charge on any atom is -0.478 e. The first-order valence-electron chi connectivity index (χ1n) is 9.86. The number of fused-ring (bicyclic) bond motifs is 3. The van der Waals surface area contributed by atoms with Crippen molar-refractivity contribution in [2.24, 2.45) is 11.8 Å². The molecule has 0 unspecified atom stereocenters. The molecule has 8 nitrogen and oxygen atoms in total. The van der Waals surface area contributed by atoms with Gasteiger partial charge in [0.25, 0.3) is 0 Å². The maximum Gasteiger partial charge on any atom is 0.328 e. The summed E-state index contributed by atoms with van der Waals surface area (Å²) in [5.41, 5.74) is 1.34. The van der Waals surface area contributed by atoms with E-state index in [1.165, 1.54) is 5.57 Å². The summed E-state index contributed by atoms with van der Waals surface area (Å²) < 4.78 is 11.7. The molecule has 0 spiro atoms. The van der Waals surface area contributed by atoms with Crippen LogP contribution in [0.3, 0.4) is 0 Å². The van der Waals surface area contributed by atoms with E-state index in [-0.39, 0.29) is 35.6 Å². The number of epoxide rings is 1. The predicted molar refractivity (Wildman–Crippen MR) is 105 cm³/mol. The lowest BCUT2D eigenvalue weighted by atomic mass is 9.80. The molecule has 3 aliphatic rings. The van der Waals surface area contributed by atoms with Gasteiger partial charge >= 0.3 is 17.9 Å². The average Bonchev–Trinajstić information content (AvgIpc) is 3.19. The van der Waals surface area contributed by atoms with Crippen LogP contribution in [-0.2, 0) is 23.9 Å². The Morgan fingerprint density at radius 3 is 2.45 bits per heavy atom. The maximum atomic E-state index is 12.3. The van der Waals surface area contributed by atoms with Crippen molar-refractivity contribution >= 4 is 17.9 Å². The molecule has 0 bridgehead atoms. The molecule has 1 aliphatic carbocycles. The van der Waals surface area contributed by atoms with Gasteiger partial charge in [0.2, 0.25) is 0 Å². The van der Waals surface area contributed by atoms with Gasteiger partial charge in [0.1, 0.15) is 12.2 Å². The van der Waals surface area contributed by atoms with Crippen molar-refractivity contribution in [3.63, 3.8) is 0 Å². The monoisotopic (exact) mass is 409 g/mol. The van der Waals surface area contributed by atoms with E-state index in [1.807, 2.05) is 14.1 Å². The van der Waals surface area contributed by atoms with Gasteiger partial charge in [0, 0.05) is 24.6 Å². The molecule has 29 heavy (non-hydrogen) atoms. The number of nitrogens with zero attached hydrogens (tertiary/aromatic N) is 1. The van der Waals surface area contributed by atoms with Gasteiger partial charge in [-0.3, -0.25) is 4.79 Å². The lowest BCUT2D eigenvalue weighted by Gasteiger charge is -2.23. The molecule has 2 heterocycles. The topological polar surface area (TPSA) is 117 Å². The number of aliphatic carboxylic acids is 2. The Kier molecular flexibility index (Phi) is 7.60. The minimum absolute atomic E-state index is 0.00863. The van der Waals surface area contributed by atoms with Crippen molar-refractivity contribution in [1.29, 1.82) is 0 Å². The normalized spacial score (nSPS) is 33.7. The van der Waals surface area contributed by atoms with E-state index in [2.05, 4.69) is 24.8 Å². The second-order valence-corrected chi connectivity index (χ2v) is 8.42. The highest BCUT2D eigenvalue weighted by Gasteiger charge is 2.62. The molecule has 8 heteroatoms. The summed E-state index contributed by atoms with van der Waals surface area (Å²) in [7, 11) is 4.04. The highest BCUT2D eigenvalue weighted by atomic mass is 16.6. The summed E-state index contributed by atoms with van der Waals surface area (Å²) in [6.07, 6.45) is 7.68. The molecule has 2 N–H and O–H groups in total. The van der Waals surface area contributed by atoms with Gasteiger partial charge in [-0.05, 0) is 53.6 Å². The molecule has 0 aromatic carbocycles. The number of carbonyl (C=O) groups is 3. The number of esters is 1. The molecule has 0 aromatic heterocycles. The number of carboxylic acids is 2. The molecule has 0 amide bonds. The van der Waals surface area contributed by atoms with E-state index in [1.54, 1.807) is 0 Å². The van der Waals surface area contributed by atoms with Gasteiger partial charge in [-0.15, -0.1) is 0 Å². The Morgan fingerprint density at radius 1 is 1.28 bits per heavy atom. The van der Waals surface area contributed by atoms with Gasteiger partial charge in [0.15, 0.2) is 0 Å². The van der Waals surface area contributed by atoms with E-state index < -0.39 is 11.9 Å². The molecule has 0 aromatic rings. The largest absolute Gasteiger partial charge is 0.478 e. The molecule has 5 atom stereocenters. The lowest BCUT2D eigenvalue weighted by Crippen LogP contribution is -2.34. The molecule has 2 saturated heterocycles. The number of hydrogen-bond acceptors (Lipinski definition) is 6. The van der Waals surface area contributed by atoms with Gasteiger partial charge in [-0.2, -0.15) is 0 Å². The maximum absolute atomic E-state index is 12.3. The molecule has 3 rings (SSSR count). The van der Waals surface area contributed by atoms with Gasteiger partial charge < -0.3 is 24.6 Å². The molecular formula is C21H31NO7. The smallest absolute Gasteiger partial charge is 0.328 e. The van der Waals surface area contributed by atoms with E-state index in [0.29, 0.717) is 12.2 Å². The third kappa shape index (κ3) is 6.40. The minimum atomic E-state index is -1.26. The Balaban J connectivity index is 0.000000321. The van der Waals surface area contributed by atoms with Crippen LogP contribution in [0.2, 0.25) is 0 Å². The standard InChI is InChI=1S/C17H27NO3.C4H4O4/c1-11-6-5-9-17(2)15(21-17)14-12(8-7-11)13(10-18(3)4)16(19)20-14;5-3(6)1-2-4(7)8/h6,12-15H,5,7-10H2,1-4H3;1-2H,(H,5,6)(H,7,8)/b;2-1+/t12-,13-,14-,15+,17+;/m0./s1. The summed E-state index contributed by atoms with van der Waals surface area (Å²) in [4.78, 5) is 33.5. The van der Waals surface area contributed by atoms with Crippen LogP contribution in [0.5, 0.6) is 0 Å². The average molecular weight is 409 g/mol. The van der Waals surface area contributed by atoms with Crippen molar-refractivity contribution in [3.05, 3.63) is 23.8 Å². The predicted octanol–water partition coefficient (Wildman–Crippen LogP) is 2.10. The van der Waals surface area contributed by atoms with Crippen LogP contribution in [0.25, 0.3) is 0 Å². The first-order chi connectivity index (χ1) is 13.5. The fourth-order valence-corrected chi connectivity index (χ4v) is 4.08. The summed E-state index contributed by atoms with van der Waals surface area (Å²) in [6, 6.07) is 0. The quantitative estimate of drug-likeness (QED) is 0.314. The number of ether oxygens (including phenoxy) is 2. The Morgan fingerprint density at radius 2 is 1.90 bits per heavy atom. The molecule has 2 fully saturated rings. The van der Waals surface area contributed by atoms with Crippen LogP contribution < -0.4 is 0 Å². The zero-order valence-electron chi connectivity index (χ0n) is 17.5. The highest BCUT2D eigenvalue weighted by molar-refractivity contribution is 5.89. The number of hydrogen-bond donors (Lipinski definition) is 2.